The lowest BCUT2D eigenvalue weighted by Crippen LogP contribution is -2.22. The maximum absolute atomic E-state index is 8.84. The van der Waals surface area contributed by atoms with Gasteiger partial charge in [0.2, 0.25) is 0 Å². The summed E-state index contributed by atoms with van der Waals surface area (Å²) in [6.45, 7) is 4.02. The fraction of sp³-hybridized carbons (Fsp3) is 1.00. The molecule has 3 heteroatoms. The molecule has 1 fully saturated rings. The number of unbranched alkanes of at least 4 members (excludes halogenated alkanes) is 1. The molecule has 1 saturated heterocycles. The standard InChI is InChI=1S/C12H24O3/c1-11(10-13)6-2-4-8-14-12-7-3-5-9-15-12/h11-13H,2-10H2,1H3/t11?,12-/m0/s1. The van der Waals surface area contributed by atoms with Crippen molar-refractivity contribution in [2.45, 2.75) is 51.7 Å². The highest BCUT2D eigenvalue weighted by Crippen LogP contribution is 2.14. The van der Waals surface area contributed by atoms with Gasteiger partial charge in [0, 0.05) is 19.8 Å². The van der Waals surface area contributed by atoms with E-state index in [0.717, 1.165) is 38.9 Å². The molecule has 3 nitrogen and oxygen atoms in total. The molecule has 2 atom stereocenters. The molecule has 0 bridgehead atoms. The molecule has 0 spiro atoms. The van der Waals surface area contributed by atoms with Crippen LogP contribution in [0.1, 0.15) is 45.4 Å². The highest BCUT2D eigenvalue weighted by atomic mass is 16.7. The molecule has 0 aromatic carbocycles. The van der Waals surface area contributed by atoms with E-state index in [9.17, 15) is 0 Å². The van der Waals surface area contributed by atoms with Gasteiger partial charge in [-0.05, 0) is 38.0 Å². The Balaban J connectivity index is 1.87. The van der Waals surface area contributed by atoms with Crippen molar-refractivity contribution in [1.29, 1.82) is 0 Å². The third-order valence-corrected chi connectivity index (χ3v) is 2.84. The number of hydrogen-bond donors (Lipinski definition) is 1. The van der Waals surface area contributed by atoms with Crippen molar-refractivity contribution < 1.29 is 14.6 Å². The molecular formula is C12H24O3. The summed E-state index contributed by atoms with van der Waals surface area (Å²) in [4.78, 5) is 0. The summed E-state index contributed by atoms with van der Waals surface area (Å²) in [6, 6.07) is 0. The van der Waals surface area contributed by atoms with Crippen LogP contribution in [0.25, 0.3) is 0 Å². The second-order valence-electron chi connectivity index (χ2n) is 4.45. The van der Waals surface area contributed by atoms with Gasteiger partial charge in [0.15, 0.2) is 6.29 Å². The van der Waals surface area contributed by atoms with E-state index < -0.39 is 0 Å². The smallest absolute Gasteiger partial charge is 0.157 e. The Morgan fingerprint density at radius 2 is 2.27 bits per heavy atom. The van der Waals surface area contributed by atoms with Gasteiger partial charge in [-0.1, -0.05) is 13.3 Å². The average molecular weight is 216 g/mol. The molecule has 1 heterocycles. The third kappa shape index (κ3) is 6.13. The molecule has 0 aromatic rings. The van der Waals surface area contributed by atoms with Crippen molar-refractivity contribution in [2.24, 2.45) is 5.92 Å². The summed E-state index contributed by atoms with van der Waals surface area (Å²) in [7, 11) is 0. The van der Waals surface area contributed by atoms with Crippen LogP contribution in [-0.2, 0) is 9.47 Å². The highest BCUT2D eigenvalue weighted by molar-refractivity contribution is 4.55. The number of aliphatic hydroxyl groups is 1. The summed E-state index contributed by atoms with van der Waals surface area (Å²) in [5.74, 6) is 0.427. The van der Waals surface area contributed by atoms with E-state index in [-0.39, 0.29) is 6.29 Å². The second-order valence-corrected chi connectivity index (χ2v) is 4.45. The van der Waals surface area contributed by atoms with Crippen LogP contribution in [0.3, 0.4) is 0 Å². The van der Waals surface area contributed by atoms with Gasteiger partial charge in [0.05, 0.1) is 0 Å². The van der Waals surface area contributed by atoms with Crippen molar-refractivity contribution in [3.05, 3.63) is 0 Å². The first-order valence-electron chi connectivity index (χ1n) is 6.17. The maximum atomic E-state index is 8.84. The second kappa shape index (κ2) is 8.08. The summed E-state index contributed by atoms with van der Waals surface area (Å²) in [6.07, 6.45) is 6.80. The monoisotopic (exact) mass is 216 g/mol. The quantitative estimate of drug-likeness (QED) is 0.664. The van der Waals surface area contributed by atoms with E-state index in [0.29, 0.717) is 12.5 Å². The van der Waals surface area contributed by atoms with E-state index in [2.05, 4.69) is 6.92 Å². The molecule has 90 valence electrons. The molecule has 15 heavy (non-hydrogen) atoms. The van der Waals surface area contributed by atoms with Crippen LogP contribution in [0.2, 0.25) is 0 Å². The van der Waals surface area contributed by atoms with Crippen LogP contribution in [0.5, 0.6) is 0 Å². The van der Waals surface area contributed by atoms with E-state index in [1.807, 2.05) is 0 Å². The van der Waals surface area contributed by atoms with Gasteiger partial charge in [-0.15, -0.1) is 0 Å². The topological polar surface area (TPSA) is 38.7 Å². The molecule has 0 amide bonds. The highest BCUT2D eigenvalue weighted by Gasteiger charge is 2.13. The Morgan fingerprint density at radius 1 is 1.40 bits per heavy atom. The lowest BCUT2D eigenvalue weighted by molar-refractivity contribution is -0.162. The molecule has 0 aromatic heterocycles. The number of rotatable bonds is 7. The van der Waals surface area contributed by atoms with Crippen molar-refractivity contribution in [3.8, 4) is 0 Å². The van der Waals surface area contributed by atoms with E-state index >= 15 is 0 Å². The minimum absolute atomic E-state index is 0.0500. The lowest BCUT2D eigenvalue weighted by atomic mass is 10.1. The van der Waals surface area contributed by atoms with Crippen molar-refractivity contribution in [2.75, 3.05) is 19.8 Å². The molecule has 1 rings (SSSR count). The Kier molecular flexibility index (Phi) is 6.98. The molecule has 0 aliphatic carbocycles. The average Bonchev–Trinajstić information content (AvgIpc) is 2.29. The van der Waals surface area contributed by atoms with Gasteiger partial charge >= 0.3 is 0 Å². The normalized spacial score (nSPS) is 24.0. The van der Waals surface area contributed by atoms with Crippen molar-refractivity contribution in [3.63, 3.8) is 0 Å². The first-order chi connectivity index (χ1) is 7.33. The molecular weight excluding hydrogens is 192 g/mol. The summed E-state index contributed by atoms with van der Waals surface area (Å²) in [5, 5.41) is 8.84. The fourth-order valence-corrected chi connectivity index (χ4v) is 1.74. The number of ether oxygens (including phenoxy) is 2. The molecule has 0 saturated carbocycles. The molecule has 0 radical (unpaired) electrons. The summed E-state index contributed by atoms with van der Waals surface area (Å²) in [5.41, 5.74) is 0. The minimum atomic E-state index is 0.0500. The summed E-state index contributed by atoms with van der Waals surface area (Å²) >= 11 is 0. The Labute approximate surface area is 92.8 Å². The zero-order valence-corrected chi connectivity index (χ0v) is 9.78. The van der Waals surface area contributed by atoms with Crippen LogP contribution >= 0.6 is 0 Å². The predicted octanol–water partition coefficient (Wildman–Crippen LogP) is 2.33. The van der Waals surface area contributed by atoms with E-state index in [1.165, 1.54) is 12.8 Å². The molecule has 1 N–H and O–H groups in total. The van der Waals surface area contributed by atoms with Crippen LogP contribution in [0, 0.1) is 5.92 Å². The Morgan fingerprint density at radius 3 is 2.93 bits per heavy atom. The van der Waals surface area contributed by atoms with Gasteiger partial charge < -0.3 is 14.6 Å². The predicted molar refractivity (Wildman–Crippen MR) is 59.6 cm³/mol. The zero-order chi connectivity index (χ0) is 10.9. The first kappa shape index (κ1) is 12.9. The van der Waals surface area contributed by atoms with Crippen LogP contribution in [0.4, 0.5) is 0 Å². The number of hydrogen-bond acceptors (Lipinski definition) is 3. The first-order valence-corrected chi connectivity index (χ1v) is 6.17. The minimum Gasteiger partial charge on any atom is -0.396 e. The fourth-order valence-electron chi connectivity index (χ4n) is 1.74. The van der Waals surface area contributed by atoms with Crippen LogP contribution < -0.4 is 0 Å². The lowest BCUT2D eigenvalue weighted by Gasteiger charge is -2.22. The van der Waals surface area contributed by atoms with Gasteiger partial charge in [-0.2, -0.15) is 0 Å². The van der Waals surface area contributed by atoms with Gasteiger partial charge in [-0.3, -0.25) is 0 Å². The van der Waals surface area contributed by atoms with Crippen molar-refractivity contribution in [1.82, 2.24) is 0 Å². The number of aliphatic hydroxyl groups excluding tert-OH is 1. The zero-order valence-electron chi connectivity index (χ0n) is 9.78. The molecule has 1 aliphatic rings. The molecule has 1 aliphatic heterocycles. The van der Waals surface area contributed by atoms with Crippen molar-refractivity contribution >= 4 is 0 Å². The largest absolute Gasteiger partial charge is 0.396 e. The Hall–Kier alpha value is -0.120. The van der Waals surface area contributed by atoms with Crippen LogP contribution in [0.15, 0.2) is 0 Å². The van der Waals surface area contributed by atoms with E-state index in [4.69, 9.17) is 14.6 Å². The van der Waals surface area contributed by atoms with Crippen LogP contribution in [-0.4, -0.2) is 31.2 Å². The van der Waals surface area contributed by atoms with E-state index in [1.54, 1.807) is 0 Å². The third-order valence-electron chi connectivity index (χ3n) is 2.84. The summed E-state index contributed by atoms with van der Waals surface area (Å²) < 4.78 is 11.1. The molecule has 1 unspecified atom stereocenters. The van der Waals surface area contributed by atoms with Gasteiger partial charge in [0.1, 0.15) is 0 Å². The van der Waals surface area contributed by atoms with Gasteiger partial charge in [0.25, 0.3) is 0 Å². The maximum Gasteiger partial charge on any atom is 0.157 e. The SMILES string of the molecule is CC(CO)CCCCO[C@@H]1CCCCO1. The van der Waals surface area contributed by atoms with Gasteiger partial charge in [-0.25, -0.2) is 0 Å². The Bertz CT molecular complexity index is 144.